The van der Waals surface area contributed by atoms with Crippen LogP contribution in [0.25, 0.3) is 0 Å². The van der Waals surface area contributed by atoms with Gasteiger partial charge in [0.15, 0.2) is 0 Å². The topological polar surface area (TPSA) is 0 Å². The van der Waals surface area contributed by atoms with Gasteiger partial charge in [0.2, 0.25) is 0 Å². The summed E-state index contributed by atoms with van der Waals surface area (Å²) in [5.41, 5.74) is 1.34. The quantitative estimate of drug-likeness (QED) is 0.308. The van der Waals surface area contributed by atoms with Gasteiger partial charge >= 0.3 is 57.2 Å². The number of rotatable bonds is 0. The van der Waals surface area contributed by atoms with Crippen molar-refractivity contribution in [2.24, 2.45) is 0 Å². The first-order valence-electron chi connectivity index (χ1n) is 4.90. The molecule has 0 bridgehead atoms. The molecule has 2 aromatic rings. The molecular formula is C13H19Cl2SnZr. The molecule has 0 fully saturated rings. The largest absolute Gasteiger partial charge is 4.00 e. The SMILES string of the molecule is C[c-]1cccc1.[CH3][SnH][CH3].[Cl-].[Cl-].[Zr+4].c1cc[cH-]c1. The van der Waals surface area contributed by atoms with Crippen molar-refractivity contribution >= 4 is 21.1 Å². The molecule has 2 aromatic carbocycles. The van der Waals surface area contributed by atoms with Gasteiger partial charge in [-0.05, 0) is 0 Å². The van der Waals surface area contributed by atoms with Crippen LogP contribution in [0.15, 0.2) is 54.6 Å². The third-order valence-corrected chi connectivity index (χ3v) is 1.38. The maximum absolute atomic E-state index is 2.32. The summed E-state index contributed by atoms with van der Waals surface area (Å²) in [6.45, 7) is 2.08. The zero-order valence-corrected chi connectivity index (χ0v) is 17.8. The van der Waals surface area contributed by atoms with E-state index in [4.69, 9.17) is 0 Å². The van der Waals surface area contributed by atoms with Crippen LogP contribution in [0.2, 0.25) is 9.88 Å². The number of halogens is 2. The minimum atomic E-state index is 0. The predicted octanol–water partition coefficient (Wildman–Crippen LogP) is -2.36. The monoisotopic (exact) mass is 455 g/mol. The summed E-state index contributed by atoms with van der Waals surface area (Å²) in [6.07, 6.45) is 0. The molecule has 0 aliphatic carbocycles. The van der Waals surface area contributed by atoms with Crippen LogP contribution in [0.5, 0.6) is 0 Å². The summed E-state index contributed by atoms with van der Waals surface area (Å²) in [6, 6.07) is 18.2. The summed E-state index contributed by atoms with van der Waals surface area (Å²) in [5, 5.41) is 0. The average Bonchev–Trinajstić information content (AvgIpc) is 2.78. The molecule has 0 aliphatic rings. The molecule has 0 nitrogen and oxygen atoms in total. The maximum atomic E-state index is 2.32. The van der Waals surface area contributed by atoms with E-state index < -0.39 is 0 Å². The van der Waals surface area contributed by atoms with Gasteiger partial charge in [-0.1, -0.05) is 6.92 Å². The van der Waals surface area contributed by atoms with Crippen molar-refractivity contribution in [3.63, 3.8) is 0 Å². The first-order valence-corrected chi connectivity index (χ1v) is 11.5. The summed E-state index contributed by atoms with van der Waals surface area (Å²) < 4.78 is 0. The summed E-state index contributed by atoms with van der Waals surface area (Å²) in [4.78, 5) is 4.63. The van der Waals surface area contributed by atoms with Gasteiger partial charge in [0, 0.05) is 0 Å². The van der Waals surface area contributed by atoms with Crippen molar-refractivity contribution in [2.75, 3.05) is 0 Å². The van der Waals surface area contributed by atoms with Gasteiger partial charge in [-0.3, -0.25) is 0 Å². The standard InChI is InChI=1S/C6H7.C5H5.2CH3.2ClH.Sn.Zr.H/c1-6-4-2-3-5-6;1-2-4-5-3-1;;;;;;;/h2-5H,1H3;1-5H;2*1H3;2*1H;;;/q2*-1;;;;;;+4;/p-2. The molecular weight excluding hydrogens is 437 g/mol. The van der Waals surface area contributed by atoms with Gasteiger partial charge in [0.1, 0.15) is 0 Å². The Morgan fingerprint density at radius 3 is 1.35 bits per heavy atom. The van der Waals surface area contributed by atoms with E-state index in [1.807, 2.05) is 42.5 Å². The predicted molar refractivity (Wildman–Crippen MR) is 67.7 cm³/mol. The second-order valence-electron chi connectivity index (χ2n) is 3.00. The van der Waals surface area contributed by atoms with E-state index in [2.05, 4.69) is 28.9 Å². The van der Waals surface area contributed by atoms with Crippen molar-refractivity contribution in [1.29, 1.82) is 0 Å². The molecule has 0 amide bonds. The van der Waals surface area contributed by atoms with Gasteiger partial charge in [0.05, 0.1) is 0 Å². The van der Waals surface area contributed by atoms with Crippen LogP contribution < -0.4 is 24.8 Å². The molecule has 0 spiro atoms. The van der Waals surface area contributed by atoms with E-state index in [9.17, 15) is 0 Å². The summed E-state index contributed by atoms with van der Waals surface area (Å²) in [5.74, 6) is 0. The average molecular weight is 456 g/mol. The maximum Gasteiger partial charge on any atom is 4.00 e. The summed E-state index contributed by atoms with van der Waals surface area (Å²) in [7, 11) is 0. The molecule has 0 aromatic heterocycles. The molecule has 0 saturated heterocycles. The van der Waals surface area contributed by atoms with Gasteiger partial charge in [-0.25, -0.2) is 24.3 Å². The van der Waals surface area contributed by atoms with Gasteiger partial charge in [-0.15, -0.1) is 0 Å². The smallest absolute Gasteiger partial charge is 1.00 e. The van der Waals surface area contributed by atoms with Crippen LogP contribution in [0, 0.1) is 6.92 Å². The molecule has 0 aliphatic heterocycles. The Hall–Kier alpha value is 0.962. The Bertz CT molecular complexity index is 250. The van der Waals surface area contributed by atoms with Crippen LogP contribution in [-0.4, -0.2) is 21.1 Å². The van der Waals surface area contributed by atoms with E-state index in [1.54, 1.807) is 0 Å². The van der Waals surface area contributed by atoms with Crippen molar-refractivity contribution in [1.82, 2.24) is 0 Å². The van der Waals surface area contributed by atoms with E-state index in [0.717, 1.165) is 0 Å². The Morgan fingerprint density at radius 2 is 1.24 bits per heavy atom. The fourth-order valence-electron chi connectivity index (χ4n) is 0.791. The molecule has 4 heteroatoms. The fourth-order valence-corrected chi connectivity index (χ4v) is 0.791. The molecule has 1 radical (unpaired) electrons. The third kappa shape index (κ3) is 22.6. The second kappa shape index (κ2) is 22.2. The zero-order chi connectivity index (χ0) is 10.6. The Labute approximate surface area is 147 Å². The number of hydrogen-bond donors (Lipinski definition) is 0. The molecule has 17 heavy (non-hydrogen) atoms. The molecule has 0 N–H and O–H groups in total. The molecule has 93 valence electrons. The van der Waals surface area contributed by atoms with Crippen LogP contribution in [0.1, 0.15) is 5.56 Å². The van der Waals surface area contributed by atoms with Gasteiger partial charge in [-0.2, -0.15) is 35.9 Å². The van der Waals surface area contributed by atoms with Gasteiger partial charge < -0.3 is 24.8 Å². The van der Waals surface area contributed by atoms with Crippen LogP contribution >= 0.6 is 0 Å². The molecule has 2 rings (SSSR count). The van der Waals surface area contributed by atoms with E-state index >= 15 is 0 Å². The van der Waals surface area contributed by atoms with Crippen molar-refractivity contribution in [3.05, 3.63) is 60.2 Å². The minimum Gasteiger partial charge on any atom is -1.00 e. The van der Waals surface area contributed by atoms with E-state index in [-0.39, 0.29) is 72.2 Å². The van der Waals surface area contributed by atoms with E-state index in [1.165, 1.54) is 5.56 Å². The Morgan fingerprint density at radius 1 is 0.882 bits per heavy atom. The van der Waals surface area contributed by atoms with Crippen molar-refractivity contribution in [2.45, 2.75) is 16.8 Å². The summed E-state index contributed by atoms with van der Waals surface area (Å²) >= 11 is 0.110. The van der Waals surface area contributed by atoms with Crippen LogP contribution in [0.3, 0.4) is 0 Å². The number of hydrogen-bond acceptors (Lipinski definition) is 0. The third-order valence-electron chi connectivity index (χ3n) is 1.38. The molecule has 0 atom stereocenters. The first-order chi connectivity index (χ1) is 6.81. The number of aryl methyl sites for hydroxylation is 1. The Balaban J connectivity index is -0.0000000718. The van der Waals surface area contributed by atoms with Crippen molar-refractivity contribution in [3.8, 4) is 0 Å². The van der Waals surface area contributed by atoms with Gasteiger partial charge in [0.25, 0.3) is 0 Å². The van der Waals surface area contributed by atoms with E-state index in [0.29, 0.717) is 0 Å². The van der Waals surface area contributed by atoms with Crippen LogP contribution in [0.4, 0.5) is 0 Å². The van der Waals surface area contributed by atoms with Crippen LogP contribution in [-0.2, 0) is 26.2 Å². The van der Waals surface area contributed by atoms with Crippen molar-refractivity contribution < 1.29 is 51.0 Å². The minimum absolute atomic E-state index is 0. The second-order valence-corrected chi connectivity index (χ2v) is 6.30. The first kappa shape index (κ1) is 26.5. The normalized spacial score (nSPS) is 6.53. The zero-order valence-electron chi connectivity index (χ0n) is 10.5. The molecule has 0 heterocycles. The Kier molecular flexibility index (Phi) is 34.6. The fraction of sp³-hybridized carbons (Fsp3) is 0.231. The molecule has 0 unspecified atom stereocenters. The molecule has 0 saturated carbocycles.